The molecule has 0 spiro atoms. The molecule has 0 saturated heterocycles. The highest BCUT2D eigenvalue weighted by Crippen LogP contribution is 2.33. The van der Waals surface area contributed by atoms with Crippen LogP contribution in [0.15, 0.2) is 36.7 Å². The topological polar surface area (TPSA) is 54.0 Å². The highest BCUT2D eigenvalue weighted by Gasteiger charge is 2.17. The molecule has 0 aliphatic carbocycles. The Bertz CT molecular complexity index is 833. The Morgan fingerprint density at radius 1 is 1.30 bits per heavy atom. The van der Waals surface area contributed by atoms with E-state index in [9.17, 15) is 0 Å². The molecule has 6 heteroatoms. The lowest BCUT2D eigenvalue weighted by Gasteiger charge is -2.02. The van der Waals surface area contributed by atoms with Gasteiger partial charge in [0.15, 0.2) is 5.65 Å². The molecule has 0 N–H and O–H groups in total. The molecule has 0 aliphatic rings. The van der Waals surface area contributed by atoms with Crippen molar-refractivity contribution < 1.29 is 0 Å². The second kappa shape index (κ2) is 5.12. The van der Waals surface area contributed by atoms with Crippen molar-refractivity contribution in [2.45, 2.75) is 6.42 Å². The fourth-order valence-electron chi connectivity index (χ4n) is 2.07. The van der Waals surface area contributed by atoms with E-state index in [1.165, 1.54) is 0 Å². The number of fused-ring (bicyclic) bond motifs is 1. The van der Waals surface area contributed by atoms with E-state index < -0.39 is 0 Å². The van der Waals surface area contributed by atoms with Crippen LogP contribution in [0.3, 0.4) is 0 Å². The van der Waals surface area contributed by atoms with Gasteiger partial charge in [0, 0.05) is 28.5 Å². The first-order chi connectivity index (χ1) is 9.70. The average Bonchev–Trinajstić information content (AvgIpc) is 2.78. The minimum atomic E-state index is 0.217. The second-order valence-corrected chi connectivity index (χ2v) is 5.02. The molecule has 4 nitrogen and oxygen atoms in total. The van der Waals surface area contributed by atoms with Crippen LogP contribution in [-0.4, -0.2) is 14.6 Å². The van der Waals surface area contributed by atoms with Gasteiger partial charge in [-0.15, -0.1) is 0 Å². The number of hydrogen-bond donors (Lipinski definition) is 0. The van der Waals surface area contributed by atoms with Crippen LogP contribution >= 0.6 is 23.2 Å². The lowest BCUT2D eigenvalue weighted by atomic mass is 10.1. The van der Waals surface area contributed by atoms with Gasteiger partial charge in [0.1, 0.15) is 5.69 Å². The number of rotatable bonds is 2. The summed E-state index contributed by atoms with van der Waals surface area (Å²) in [4.78, 5) is 4.27. The summed E-state index contributed by atoms with van der Waals surface area (Å²) >= 11 is 12.1. The first kappa shape index (κ1) is 12.9. The third-order valence-corrected chi connectivity index (χ3v) is 3.48. The SMILES string of the molecule is N#CCc1c(-c2ccc(Cl)cc2Cl)nn2cccnc12. The van der Waals surface area contributed by atoms with Crippen LogP contribution in [-0.2, 0) is 6.42 Å². The molecule has 0 aliphatic heterocycles. The number of nitrogens with zero attached hydrogens (tertiary/aromatic N) is 4. The van der Waals surface area contributed by atoms with Gasteiger partial charge in [0.05, 0.1) is 17.5 Å². The van der Waals surface area contributed by atoms with E-state index in [2.05, 4.69) is 16.2 Å². The van der Waals surface area contributed by atoms with Gasteiger partial charge in [-0.3, -0.25) is 0 Å². The molecule has 0 unspecified atom stereocenters. The zero-order valence-corrected chi connectivity index (χ0v) is 11.7. The van der Waals surface area contributed by atoms with Gasteiger partial charge in [0.2, 0.25) is 0 Å². The normalized spacial score (nSPS) is 10.7. The lowest BCUT2D eigenvalue weighted by Crippen LogP contribution is -1.88. The Morgan fingerprint density at radius 2 is 2.15 bits per heavy atom. The molecule has 3 rings (SSSR count). The van der Waals surface area contributed by atoms with Crippen molar-refractivity contribution in [1.29, 1.82) is 5.26 Å². The Hall–Kier alpha value is -2.09. The largest absolute Gasteiger partial charge is 0.237 e. The summed E-state index contributed by atoms with van der Waals surface area (Å²) in [5, 5.41) is 14.5. The molecule has 0 saturated carbocycles. The zero-order valence-electron chi connectivity index (χ0n) is 10.2. The summed E-state index contributed by atoms with van der Waals surface area (Å²) in [6.07, 6.45) is 3.68. The molecular formula is C14H8Cl2N4. The highest BCUT2D eigenvalue weighted by molar-refractivity contribution is 6.36. The molecule has 0 amide bonds. The second-order valence-electron chi connectivity index (χ2n) is 4.17. The Labute approximate surface area is 125 Å². The van der Waals surface area contributed by atoms with E-state index in [1.807, 2.05) is 0 Å². The Balaban J connectivity index is 2.30. The van der Waals surface area contributed by atoms with Gasteiger partial charge in [-0.1, -0.05) is 23.2 Å². The predicted molar refractivity (Wildman–Crippen MR) is 77.8 cm³/mol. The maximum Gasteiger partial charge on any atom is 0.159 e. The maximum absolute atomic E-state index is 9.01. The van der Waals surface area contributed by atoms with E-state index >= 15 is 0 Å². The molecule has 1 aromatic carbocycles. The molecule has 3 aromatic rings. The van der Waals surface area contributed by atoms with Crippen molar-refractivity contribution in [2.24, 2.45) is 0 Å². The number of benzene rings is 1. The summed E-state index contributed by atoms with van der Waals surface area (Å²) in [5.41, 5.74) is 2.83. The Kier molecular flexibility index (Phi) is 3.31. The smallest absolute Gasteiger partial charge is 0.159 e. The van der Waals surface area contributed by atoms with E-state index in [-0.39, 0.29) is 6.42 Å². The van der Waals surface area contributed by atoms with Crippen molar-refractivity contribution in [3.8, 4) is 17.3 Å². The van der Waals surface area contributed by atoms with E-state index in [4.69, 9.17) is 28.5 Å². The van der Waals surface area contributed by atoms with E-state index in [1.54, 1.807) is 41.2 Å². The summed E-state index contributed by atoms with van der Waals surface area (Å²) in [6.45, 7) is 0. The van der Waals surface area contributed by atoms with Crippen LogP contribution < -0.4 is 0 Å². The molecular weight excluding hydrogens is 295 g/mol. The summed E-state index contributed by atoms with van der Waals surface area (Å²) in [7, 11) is 0. The number of hydrogen-bond acceptors (Lipinski definition) is 3. The standard InChI is InChI=1S/C14H8Cl2N4/c15-9-2-3-10(12(16)8-9)13-11(4-5-17)14-18-6-1-7-20(14)19-13/h1-3,6-8H,4H2. The van der Waals surface area contributed by atoms with Crippen molar-refractivity contribution >= 4 is 28.8 Å². The van der Waals surface area contributed by atoms with Crippen molar-refractivity contribution in [3.05, 3.63) is 52.3 Å². The van der Waals surface area contributed by atoms with Gasteiger partial charge < -0.3 is 0 Å². The molecule has 98 valence electrons. The quantitative estimate of drug-likeness (QED) is 0.724. The predicted octanol–water partition coefficient (Wildman–Crippen LogP) is 3.77. The fraction of sp³-hybridized carbons (Fsp3) is 0.0714. The van der Waals surface area contributed by atoms with Crippen LogP contribution in [0.5, 0.6) is 0 Å². The average molecular weight is 303 g/mol. The van der Waals surface area contributed by atoms with Crippen molar-refractivity contribution in [3.63, 3.8) is 0 Å². The van der Waals surface area contributed by atoms with E-state index in [0.29, 0.717) is 21.4 Å². The minimum absolute atomic E-state index is 0.217. The Morgan fingerprint density at radius 3 is 2.90 bits per heavy atom. The molecule has 2 heterocycles. The van der Waals surface area contributed by atoms with Gasteiger partial charge in [-0.25, -0.2) is 9.50 Å². The van der Waals surface area contributed by atoms with Gasteiger partial charge in [0.25, 0.3) is 0 Å². The molecule has 0 bridgehead atoms. The van der Waals surface area contributed by atoms with Crippen LogP contribution in [0.25, 0.3) is 16.9 Å². The fourth-order valence-corrected chi connectivity index (χ4v) is 2.57. The third-order valence-electron chi connectivity index (χ3n) is 2.93. The van der Waals surface area contributed by atoms with Gasteiger partial charge >= 0.3 is 0 Å². The third kappa shape index (κ3) is 2.11. The zero-order chi connectivity index (χ0) is 14.1. The first-order valence-electron chi connectivity index (χ1n) is 5.85. The monoisotopic (exact) mass is 302 g/mol. The number of halogens is 2. The lowest BCUT2D eigenvalue weighted by molar-refractivity contribution is 0.943. The summed E-state index contributed by atoms with van der Waals surface area (Å²) in [5.74, 6) is 0. The number of nitriles is 1. The maximum atomic E-state index is 9.01. The molecule has 0 fully saturated rings. The summed E-state index contributed by atoms with van der Waals surface area (Å²) < 4.78 is 1.65. The van der Waals surface area contributed by atoms with Crippen LogP contribution in [0, 0.1) is 11.3 Å². The van der Waals surface area contributed by atoms with Gasteiger partial charge in [-0.05, 0) is 24.3 Å². The van der Waals surface area contributed by atoms with Gasteiger partial charge in [-0.2, -0.15) is 10.4 Å². The molecule has 2 aromatic heterocycles. The number of aromatic nitrogens is 3. The van der Waals surface area contributed by atoms with E-state index in [0.717, 1.165) is 11.1 Å². The summed E-state index contributed by atoms with van der Waals surface area (Å²) in [6, 6.07) is 9.13. The van der Waals surface area contributed by atoms with Crippen molar-refractivity contribution in [1.82, 2.24) is 14.6 Å². The highest BCUT2D eigenvalue weighted by atomic mass is 35.5. The first-order valence-corrected chi connectivity index (χ1v) is 6.61. The minimum Gasteiger partial charge on any atom is -0.237 e. The molecule has 0 atom stereocenters. The van der Waals surface area contributed by atoms with Crippen LogP contribution in [0.1, 0.15) is 5.56 Å². The van der Waals surface area contributed by atoms with Crippen LogP contribution in [0.4, 0.5) is 0 Å². The van der Waals surface area contributed by atoms with Crippen molar-refractivity contribution in [2.75, 3.05) is 0 Å². The molecule has 0 radical (unpaired) electrons. The van der Waals surface area contributed by atoms with Crippen LogP contribution in [0.2, 0.25) is 10.0 Å². The molecule has 20 heavy (non-hydrogen) atoms.